The van der Waals surface area contributed by atoms with Crippen LogP contribution in [0.3, 0.4) is 0 Å². The van der Waals surface area contributed by atoms with Crippen molar-refractivity contribution in [3.8, 4) is 0 Å². The second-order valence-electron chi connectivity index (χ2n) is 7.58. The number of furan rings is 1. The summed E-state index contributed by atoms with van der Waals surface area (Å²) in [5, 5.41) is 7.00. The van der Waals surface area contributed by atoms with Crippen LogP contribution in [0.25, 0.3) is 0 Å². The summed E-state index contributed by atoms with van der Waals surface area (Å²) in [5.41, 5.74) is 2.86. The van der Waals surface area contributed by atoms with Crippen LogP contribution in [0.1, 0.15) is 48.2 Å². The van der Waals surface area contributed by atoms with E-state index in [1.165, 1.54) is 0 Å². The molecule has 4 rings (SSSR count). The molecule has 1 saturated heterocycles. The van der Waals surface area contributed by atoms with E-state index in [4.69, 9.17) is 16.6 Å². The van der Waals surface area contributed by atoms with Crippen LogP contribution in [0, 0.1) is 6.92 Å². The predicted octanol–water partition coefficient (Wildman–Crippen LogP) is 4.55. The van der Waals surface area contributed by atoms with Crippen molar-refractivity contribution in [2.45, 2.75) is 38.8 Å². The summed E-state index contributed by atoms with van der Waals surface area (Å²) in [4.78, 5) is 19.2. The lowest BCUT2D eigenvalue weighted by Gasteiger charge is -2.25. The molecular weight excluding hydrogens is 408 g/mol. The van der Waals surface area contributed by atoms with E-state index in [-0.39, 0.29) is 18.0 Å². The number of nitrogens with zero attached hydrogens (tertiary/aromatic N) is 2. The molecule has 2 aromatic heterocycles. The van der Waals surface area contributed by atoms with Crippen LogP contribution in [0.15, 0.2) is 65.2 Å². The fourth-order valence-electron chi connectivity index (χ4n) is 3.95. The summed E-state index contributed by atoms with van der Waals surface area (Å²) >= 11 is 5.64. The Balaban J connectivity index is 1.52. The fourth-order valence-corrected chi connectivity index (χ4v) is 4.28. The van der Waals surface area contributed by atoms with Crippen molar-refractivity contribution in [3.05, 3.63) is 83.6 Å². The summed E-state index contributed by atoms with van der Waals surface area (Å²) in [6.07, 6.45) is 2.94. The molecule has 3 aromatic rings. The van der Waals surface area contributed by atoms with Gasteiger partial charge in [0.1, 0.15) is 17.6 Å². The predicted molar refractivity (Wildman–Crippen MR) is 125 cm³/mol. The van der Waals surface area contributed by atoms with Crippen LogP contribution in [-0.4, -0.2) is 27.4 Å². The lowest BCUT2D eigenvalue weighted by molar-refractivity contribution is -0.116. The van der Waals surface area contributed by atoms with E-state index in [0.29, 0.717) is 18.1 Å². The molecule has 0 saturated carbocycles. The lowest BCUT2D eigenvalue weighted by Crippen LogP contribution is -2.32. The van der Waals surface area contributed by atoms with Crippen LogP contribution in [-0.2, 0) is 11.2 Å². The maximum absolute atomic E-state index is 12.7. The van der Waals surface area contributed by atoms with E-state index in [9.17, 15) is 4.79 Å². The summed E-state index contributed by atoms with van der Waals surface area (Å²) in [6, 6.07) is 17.3. The molecule has 31 heavy (non-hydrogen) atoms. The number of aryl methyl sites for hydroxylation is 2. The molecule has 0 bridgehead atoms. The summed E-state index contributed by atoms with van der Waals surface area (Å²) < 4.78 is 5.96. The van der Waals surface area contributed by atoms with Gasteiger partial charge in [-0.05, 0) is 61.5 Å². The Kier molecular flexibility index (Phi) is 6.32. The third-order valence-electron chi connectivity index (χ3n) is 5.50. The van der Waals surface area contributed by atoms with Gasteiger partial charge in [-0.3, -0.25) is 9.78 Å². The van der Waals surface area contributed by atoms with Gasteiger partial charge < -0.3 is 20.0 Å². The Morgan fingerprint density at radius 2 is 2.00 bits per heavy atom. The molecule has 0 spiro atoms. The highest BCUT2D eigenvalue weighted by atomic mass is 32.1. The number of amides is 1. The average molecular weight is 435 g/mol. The zero-order valence-corrected chi connectivity index (χ0v) is 18.5. The first-order valence-electron chi connectivity index (χ1n) is 10.5. The SMILES string of the molecule is CCc1ccccc1NC(=O)CCN1C(=S)N[C@H](c2ccccn2)[C@@H]1c1ccc(C)o1. The number of carbonyl (C=O) groups excluding carboxylic acids is 1. The molecule has 0 aliphatic carbocycles. The molecular formula is C24H26N4O2S. The Bertz CT molecular complexity index is 1070. The van der Waals surface area contributed by atoms with Gasteiger partial charge in [0.05, 0.1) is 11.7 Å². The Morgan fingerprint density at radius 1 is 1.19 bits per heavy atom. The largest absolute Gasteiger partial charge is 0.464 e. The van der Waals surface area contributed by atoms with Crippen molar-refractivity contribution < 1.29 is 9.21 Å². The number of anilines is 1. The maximum atomic E-state index is 12.7. The number of nitrogens with one attached hydrogen (secondary N) is 2. The standard InChI is InChI=1S/C24H26N4O2S/c1-3-17-8-4-5-9-18(17)26-21(29)13-15-28-23(20-12-11-16(2)30-20)22(27-24(28)31)19-10-6-7-14-25-19/h4-12,14,22-23H,3,13,15H2,1-2H3,(H,26,29)(H,27,31)/t22-,23+/m1/s1. The lowest BCUT2D eigenvalue weighted by atomic mass is 10.0. The minimum atomic E-state index is -0.174. The number of thiocarbonyl (C=S) groups is 1. The number of hydrogen-bond donors (Lipinski definition) is 2. The molecule has 1 aliphatic rings. The molecule has 2 atom stereocenters. The highest BCUT2D eigenvalue weighted by Gasteiger charge is 2.41. The maximum Gasteiger partial charge on any atom is 0.226 e. The van der Waals surface area contributed by atoms with Crippen molar-refractivity contribution in [1.29, 1.82) is 0 Å². The van der Waals surface area contributed by atoms with E-state index in [2.05, 4.69) is 22.5 Å². The van der Waals surface area contributed by atoms with Crippen LogP contribution in [0.2, 0.25) is 0 Å². The van der Waals surface area contributed by atoms with E-state index >= 15 is 0 Å². The molecule has 2 N–H and O–H groups in total. The van der Waals surface area contributed by atoms with Gasteiger partial charge in [0.25, 0.3) is 0 Å². The number of aromatic nitrogens is 1. The molecule has 7 heteroatoms. The van der Waals surface area contributed by atoms with E-state index in [1.807, 2.05) is 66.4 Å². The zero-order valence-electron chi connectivity index (χ0n) is 17.7. The van der Waals surface area contributed by atoms with Crippen LogP contribution < -0.4 is 10.6 Å². The molecule has 0 unspecified atom stereocenters. The minimum absolute atomic E-state index is 0.0423. The van der Waals surface area contributed by atoms with Crippen molar-refractivity contribution in [2.24, 2.45) is 0 Å². The van der Waals surface area contributed by atoms with Gasteiger partial charge in [0.2, 0.25) is 5.91 Å². The first-order valence-corrected chi connectivity index (χ1v) is 10.9. The Hall–Kier alpha value is -3.19. The van der Waals surface area contributed by atoms with Gasteiger partial charge in [-0.25, -0.2) is 0 Å². The third-order valence-corrected chi connectivity index (χ3v) is 5.85. The van der Waals surface area contributed by atoms with Gasteiger partial charge in [-0.1, -0.05) is 31.2 Å². The van der Waals surface area contributed by atoms with E-state index in [1.54, 1.807) is 6.20 Å². The summed E-state index contributed by atoms with van der Waals surface area (Å²) in [6.45, 7) is 4.47. The fraction of sp³-hybridized carbons (Fsp3) is 0.292. The second-order valence-corrected chi connectivity index (χ2v) is 7.96. The molecule has 1 amide bonds. The molecule has 1 aliphatic heterocycles. The van der Waals surface area contributed by atoms with Crippen molar-refractivity contribution in [2.75, 3.05) is 11.9 Å². The van der Waals surface area contributed by atoms with E-state index in [0.717, 1.165) is 34.9 Å². The first-order chi connectivity index (χ1) is 15.1. The quantitative estimate of drug-likeness (QED) is 0.532. The molecule has 3 heterocycles. The van der Waals surface area contributed by atoms with Crippen LogP contribution in [0.5, 0.6) is 0 Å². The number of benzene rings is 1. The third kappa shape index (κ3) is 4.61. The minimum Gasteiger partial charge on any atom is -0.464 e. The van der Waals surface area contributed by atoms with Gasteiger partial charge in [-0.15, -0.1) is 0 Å². The Labute approximate surface area is 187 Å². The van der Waals surface area contributed by atoms with Crippen molar-refractivity contribution >= 4 is 28.9 Å². The van der Waals surface area contributed by atoms with Crippen LogP contribution >= 0.6 is 12.2 Å². The van der Waals surface area contributed by atoms with Crippen molar-refractivity contribution in [1.82, 2.24) is 15.2 Å². The summed E-state index contributed by atoms with van der Waals surface area (Å²) in [7, 11) is 0. The van der Waals surface area contributed by atoms with Crippen molar-refractivity contribution in [3.63, 3.8) is 0 Å². The zero-order chi connectivity index (χ0) is 21.8. The number of rotatable bonds is 7. The highest BCUT2D eigenvalue weighted by Crippen LogP contribution is 2.39. The second kappa shape index (κ2) is 9.31. The smallest absolute Gasteiger partial charge is 0.226 e. The molecule has 1 aromatic carbocycles. The number of para-hydroxylation sites is 1. The summed E-state index contributed by atoms with van der Waals surface area (Å²) in [5.74, 6) is 1.60. The number of hydrogen-bond acceptors (Lipinski definition) is 4. The first kappa shape index (κ1) is 21.1. The van der Waals surface area contributed by atoms with Gasteiger partial charge in [0.15, 0.2) is 5.11 Å². The normalized spacial score (nSPS) is 18.1. The van der Waals surface area contributed by atoms with Gasteiger partial charge in [-0.2, -0.15) is 0 Å². The number of carbonyl (C=O) groups is 1. The van der Waals surface area contributed by atoms with Gasteiger partial charge >= 0.3 is 0 Å². The van der Waals surface area contributed by atoms with Crippen LogP contribution in [0.4, 0.5) is 5.69 Å². The Morgan fingerprint density at radius 3 is 2.71 bits per heavy atom. The molecule has 160 valence electrons. The van der Waals surface area contributed by atoms with E-state index < -0.39 is 0 Å². The highest BCUT2D eigenvalue weighted by molar-refractivity contribution is 7.80. The monoisotopic (exact) mass is 434 g/mol. The molecule has 1 fully saturated rings. The number of pyridine rings is 1. The van der Waals surface area contributed by atoms with Gasteiger partial charge in [0, 0.05) is 24.8 Å². The average Bonchev–Trinajstić information content (AvgIpc) is 3.35. The molecule has 6 nitrogen and oxygen atoms in total. The topological polar surface area (TPSA) is 70.4 Å². The molecule has 0 radical (unpaired) electrons.